The number of cyclic esters (lactones) is 1. The lowest BCUT2D eigenvalue weighted by molar-refractivity contribution is -0.163. The molecule has 0 saturated carbocycles. The van der Waals surface area contributed by atoms with Crippen LogP contribution in [-0.4, -0.2) is 44.0 Å². The summed E-state index contributed by atoms with van der Waals surface area (Å²) in [5.74, 6) is -0.366. The third-order valence-corrected chi connectivity index (χ3v) is 3.25. The molecule has 0 radical (unpaired) electrons. The predicted octanol–water partition coefficient (Wildman–Crippen LogP) is 1.41. The van der Waals surface area contributed by atoms with Crippen molar-refractivity contribution in [1.82, 2.24) is 0 Å². The molecule has 19 heavy (non-hydrogen) atoms. The maximum Gasteiger partial charge on any atom is 0.323 e. The zero-order valence-electron chi connectivity index (χ0n) is 12.1. The van der Waals surface area contributed by atoms with Crippen LogP contribution >= 0.6 is 0 Å². The van der Waals surface area contributed by atoms with Crippen molar-refractivity contribution in [2.45, 2.75) is 57.5 Å². The molecule has 1 aliphatic rings. The number of rotatable bonds is 4. The summed E-state index contributed by atoms with van der Waals surface area (Å²) in [5, 5.41) is 0. The molecule has 0 unspecified atom stereocenters. The van der Waals surface area contributed by atoms with E-state index in [4.69, 9.17) is 19.9 Å². The van der Waals surface area contributed by atoms with Crippen molar-refractivity contribution in [3.8, 4) is 0 Å². The van der Waals surface area contributed by atoms with Crippen LogP contribution in [0, 0.1) is 0 Å². The van der Waals surface area contributed by atoms with Gasteiger partial charge < -0.3 is 19.9 Å². The Morgan fingerprint density at radius 2 is 2.21 bits per heavy atom. The normalized spacial score (nSPS) is 32.9. The van der Waals surface area contributed by atoms with E-state index in [1.165, 1.54) is 0 Å². The fourth-order valence-electron chi connectivity index (χ4n) is 2.23. The van der Waals surface area contributed by atoms with E-state index in [0.717, 1.165) is 18.4 Å². The van der Waals surface area contributed by atoms with Gasteiger partial charge in [0.2, 0.25) is 0 Å². The molecule has 4 atom stereocenters. The summed E-state index contributed by atoms with van der Waals surface area (Å²) in [5.41, 5.74) is 6.72. The van der Waals surface area contributed by atoms with E-state index >= 15 is 0 Å². The third kappa shape index (κ3) is 4.93. The number of esters is 1. The Balaban J connectivity index is 2.75. The zero-order valence-corrected chi connectivity index (χ0v) is 12.1. The van der Waals surface area contributed by atoms with Gasteiger partial charge in [0.1, 0.15) is 18.2 Å². The molecule has 0 aromatic rings. The molecule has 1 fully saturated rings. The molecule has 0 bridgehead atoms. The zero-order chi connectivity index (χ0) is 14.4. The van der Waals surface area contributed by atoms with Crippen molar-refractivity contribution < 1.29 is 19.0 Å². The average molecular weight is 271 g/mol. The molecule has 1 aliphatic heterocycles. The average Bonchev–Trinajstić information content (AvgIpc) is 2.38. The highest BCUT2D eigenvalue weighted by molar-refractivity contribution is 5.75. The number of hydrogen-bond acceptors (Lipinski definition) is 5. The topological polar surface area (TPSA) is 70.8 Å². The highest BCUT2D eigenvalue weighted by atomic mass is 16.6. The molecule has 1 heterocycles. The van der Waals surface area contributed by atoms with Crippen LogP contribution < -0.4 is 5.73 Å². The molecular weight excluding hydrogens is 246 g/mol. The fraction of sp³-hybridized carbons (Fsp3) is 0.786. The molecule has 0 aromatic carbocycles. The largest absolute Gasteiger partial charge is 0.459 e. The van der Waals surface area contributed by atoms with Crippen molar-refractivity contribution in [3.05, 3.63) is 12.2 Å². The molecule has 5 nitrogen and oxygen atoms in total. The van der Waals surface area contributed by atoms with E-state index in [-0.39, 0.29) is 24.3 Å². The minimum atomic E-state index is -0.556. The van der Waals surface area contributed by atoms with Gasteiger partial charge in [-0.3, -0.25) is 4.79 Å². The Hall–Kier alpha value is -0.910. The first-order valence-electron chi connectivity index (χ1n) is 6.70. The van der Waals surface area contributed by atoms with Crippen LogP contribution in [0.4, 0.5) is 0 Å². The summed E-state index contributed by atoms with van der Waals surface area (Å²) in [6, 6.07) is -0.556. The van der Waals surface area contributed by atoms with Crippen molar-refractivity contribution in [2.75, 3.05) is 13.7 Å². The van der Waals surface area contributed by atoms with Gasteiger partial charge >= 0.3 is 5.97 Å². The molecule has 0 aliphatic carbocycles. The Kier molecular flexibility index (Phi) is 6.48. The van der Waals surface area contributed by atoms with E-state index in [1.54, 1.807) is 14.0 Å². The number of methoxy groups -OCH3 is 1. The smallest absolute Gasteiger partial charge is 0.323 e. The molecule has 2 N–H and O–H groups in total. The molecule has 1 rings (SSSR count). The minimum Gasteiger partial charge on any atom is -0.459 e. The van der Waals surface area contributed by atoms with Gasteiger partial charge in [0.05, 0.1) is 12.7 Å². The van der Waals surface area contributed by atoms with E-state index in [0.29, 0.717) is 13.0 Å². The Labute approximate surface area is 115 Å². The molecule has 0 aromatic heterocycles. The summed E-state index contributed by atoms with van der Waals surface area (Å²) in [6.45, 7) is 8.03. The van der Waals surface area contributed by atoms with Gasteiger partial charge in [-0.2, -0.15) is 0 Å². The Morgan fingerprint density at radius 3 is 2.79 bits per heavy atom. The monoisotopic (exact) mass is 271 g/mol. The fourth-order valence-corrected chi connectivity index (χ4v) is 2.23. The molecule has 0 spiro atoms. The van der Waals surface area contributed by atoms with Crippen LogP contribution in [0.1, 0.15) is 33.1 Å². The second-order valence-corrected chi connectivity index (χ2v) is 5.19. The third-order valence-electron chi connectivity index (χ3n) is 3.25. The quantitative estimate of drug-likeness (QED) is 0.618. The molecule has 5 heteroatoms. The predicted molar refractivity (Wildman–Crippen MR) is 72.7 cm³/mol. The molecule has 110 valence electrons. The summed E-state index contributed by atoms with van der Waals surface area (Å²) in [4.78, 5) is 11.7. The molecule has 1 saturated heterocycles. The van der Waals surface area contributed by atoms with Crippen LogP contribution in [0.3, 0.4) is 0 Å². The van der Waals surface area contributed by atoms with Crippen LogP contribution in [0.25, 0.3) is 0 Å². The van der Waals surface area contributed by atoms with Crippen LogP contribution in [0.2, 0.25) is 0 Å². The van der Waals surface area contributed by atoms with Gasteiger partial charge in [0, 0.05) is 7.11 Å². The van der Waals surface area contributed by atoms with Crippen molar-refractivity contribution in [3.63, 3.8) is 0 Å². The standard InChI is InChI=1S/C14H25NO4/c1-9(2)8-18-12-7-5-6-11(15)14(16)19-10(3)13(12)17-4/h10-13H,1,5-8,15H2,2-4H3/t10-,11-,12-,13-/m0/s1. The Bertz CT molecular complexity index is 319. The van der Waals surface area contributed by atoms with Gasteiger partial charge in [-0.15, -0.1) is 0 Å². The highest BCUT2D eigenvalue weighted by Gasteiger charge is 2.33. The maximum atomic E-state index is 11.7. The van der Waals surface area contributed by atoms with Crippen LogP contribution in [-0.2, 0) is 19.0 Å². The van der Waals surface area contributed by atoms with Gasteiger partial charge in [-0.1, -0.05) is 12.2 Å². The van der Waals surface area contributed by atoms with Crippen LogP contribution in [0.5, 0.6) is 0 Å². The second-order valence-electron chi connectivity index (χ2n) is 5.19. The van der Waals surface area contributed by atoms with E-state index in [9.17, 15) is 4.79 Å². The van der Waals surface area contributed by atoms with Gasteiger partial charge in [0.25, 0.3) is 0 Å². The number of carbonyl (C=O) groups is 1. The number of carbonyl (C=O) groups excluding carboxylic acids is 1. The Morgan fingerprint density at radius 1 is 1.53 bits per heavy atom. The number of nitrogens with two attached hydrogens (primary N) is 1. The second kappa shape index (κ2) is 7.62. The minimum absolute atomic E-state index is 0.116. The van der Waals surface area contributed by atoms with E-state index in [1.807, 2.05) is 6.92 Å². The first-order chi connectivity index (χ1) is 8.95. The summed E-state index contributed by atoms with van der Waals surface area (Å²) in [6.07, 6.45) is 1.43. The first-order valence-corrected chi connectivity index (χ1v) is 6.70. The number of ether oxygens (including phenoxy) is 3. The number of hydrogen-bond donors (Lipinski definition) is 1. The molecule has 0 amide bonds. The van der Waals surface area contributed by atoms with Crippen LogP contribution in [0.15, 0.2) is 12.2 Å². The van der Waals surface area contributed by atoms with Crippen molar-refractivity contribution >= 4 is 5.97 Å². The van der Waals surface area contributed by atoms with Gasteiger partial charge in [-0.25, -0.2) is 0 Å². The lowest BCUT2D eigenvalue weighted by Gasteiger charge is -2.29. The van der Waals surface area contributed by atoms with Gasteiger partial charge in [-0.05, 0) is 33.1 Å². The molecular formula is C14H25NO4. The van der Waals surface area contributed by atoms with E-state index < -0.39 is 6.04 Å². The van der Waals surface area contributed by atoms with Crippen molar-refractivity contribution in [2.24, 2.45) is 5.73 Å². The lowest BCUT2D eigenvalue weighted by Crippen LogP contribution is -2.42. The first kappa shape index (κ1) is 16.1. The van der Waals surface area contributed by atoms with Crippen molar-refractivity contribution in [1.29, 1.82) is 0 Å². The highest BCUT2D eigenvalue weighted by Crippen LogP contribution is 2.21. The maximum absolute atomic E-state index is 11.7. The van der Waals surface area contributed by atoms with Gasteiger partial charge in [0.15, 0.2) is 0 Å². The lowest BCUT2D eigenvalue weighted by atomic mass is 10.0. The SMILES string of the molecule is C=C(C)CO[C@H]1CCC[C@H](N)C(=O)O[C@@H](C)[C@@H]1OC. The summed E-state index contributed by atoms with van der Waals surface area (Å²) < 4.78 is 16.6. The summed E-state index contributed by atoms with van der Waals surface area (Å²) >= 11 is 0. The van der Waals surface area contributed by atoms with E-state index in [2.05, 4.69) is 6.58 Å². The summed E-state index contributed by atoms with van der Waals surface area (Å²) in [7, 11) is 1.60.